The van der Waals surface area contributed by atoms with Crippen molar-refractivity contribution in [3.63, 3.8) is 0 Å². The molecule has 1 aromatic heterocycles. The van der Waals surface area contributed by atoms with Crippen LogP contribution in [0.3, 0.4) is 0 Å². The zero-order valence-corrected chi connectivity index (χ0v) is 13.7. The molecular formula is C18H13F3N2OS. The van der Waals surface area contributed by atoms with Crippen LogP contribution >= 0.6 is 12.6 Å². The van der Waals surface area contributed by atoms with Crippen LogP contribution in [0.5, 0.6) is 0 Å². The Bertz CT molecular complexity index is 924. The van der Waals surface area contributed by atoms with Crippen LogP contribution in [-0.2, 0) is 12.7 Å². The van der Waals surface area contributed by atoms with Gasteiger partial charge in [0.15, 0.2) is 0 Å². The molecule has 0 unspecified atom stereocenters. The van der Waals surface area contributed by atoms with Crippen molar-refractivity contribution in [2.45, 2.75) is 17.6 Å². The molecule has 0 aliphatic heterocycles. The maximum Gasteiger partial charge on any atom is 0.416 e. The second-order valence-electron chi connectivity index (χ2n) is 5.45. The van der Waals surface area contributed by atoms with Gasteiger partial charge in [-0.3, -0.25) is 9.78 Å². The molecule has 0 saturated carbocycles. The highest BCUT2D eigenvalue weighted by atomic mass is 32.1. The van der Waals surface area contributed by atoms with E-state index in [1.54, 1.807) is 6.07 Å². The van der Waals surface area contributed by atoms with Gasteiger partial charge >= 0.3 is 6.18 Å². The standard InChI is InChI=1S/C18H13F3N2OS/c19-18(20,21)14-6-4-11(5-7-14)9-23-17(24)13-8-12-2-1-3-15(25)16(12)22-10-13/h1-8,10,25H,9H2,(H,23,24). The summed E-state index contributed by atoms with van der Waals surface area (Å²) in [5, 5.41) is 3.46. The Morgan fingerprint density at radius 3 is 2.52 bits per heavy atom. The first-order chi connectivity index (χ1) is 11.8. The van der Waals surface area contributed by atoms with Gasteiger partial charge in [0.1, 0.15) is 0 Å². The molecule has 3 aromatic rings. The number of benzene rings is 2. The third kappa shape index (κ3) is 3.93. The number of fused-ring (bicyclic) bond motifs is 1. The Hall–Kier alpha value is -2.54. The van der Waals surface area contributed by atoms with Crippen LogP contribution in [0, 0.1) is 0 Å². The lowest BCUT2D eigenvalue weighted by molar-refractivity contribution is -0.137. The Labute approximate surface area is 147 Å². The van der Waals surface area contributed by atoms with Crippen molar-refractivity contribution in [2.75, 3.05) is 0 Å². The van der Waals surface area contributed by atoms with Gasteiger partial charge in [0.2, 0.25) is 0 Å². The number of hydrogen-bond donors (Lipinski definition) is 2. The number of aromatic nitrogens is 1. The molecule has 0 fully saturated rings. The Morgan fingerprint density at radius 1 is 1.12 bits per heavy atom. The molecule has 1 heterocycles. The lowest BCUT2D eigenvalue weighted by atomic mass is 10.1. The van der Waals surface area contributed by atoms with Gasteiger partial charge in [0, 0.05) is 23.0 Å². The Kier molecular flexibility index (Phi) is 4.67. The first-order valence-corrected chi connectivity index (χ1v) is 7.81. The van der Waals surface area contributed by atoms with Crippen LogP contribution in [0.25, 0.3) is 10.9 Å². The van der Waals surface area contributed by atoms with E-state index in [0.29, 0.717) is 21.5 Å². The predicted molar refractivity (Wildman–Crippen MR) is 91.6 cm³/mol. The zero-order valence-electron chi connectivity index (χ0n) is 12.8. The molecule has 1 amide bonds. The van der Waals surface area contributed by atoms with E-state index in [9.17, 15) is 18.0 Å². The fourth-order valence-electron chi connectivity index (χ4n) is 2.36. The molecule has 0 radical (unpaired) electrons. The van der Waals surface area contributed by atoms with E-state index in [0.717, 1.165) is 17.5 Å². The molecule has 0 bridgehead atoms. The smallest absolute Gasteiger partial charge is 0.348 e. The summed E-state index contributed by atoms with van der Waals surface area (Å²) in [6, 6.07) is 11.8. The SMILES string of the molecule is O=C(NCc1ccc(C(F)(F)F)cc1)c1cnc2c(S)cccc2c1. The van der Waals surface area contributed by atoms with E-state index >= 15 is 0 Å². The van der Waals surface area contributed by atoms with Crippen LogP contribution < -0.4 is 5.32 Å². The third-order valence-electron chi connectivity index (χ3n) is 3.69. The molecule has 0 spiro atoms. The minimum Gasteiger partial charge on any atom is -0.348 e. The van der Waals surface area contributed by atoms with Crippen LogP contribution in [0.1, 0.15) is 21.5 Å². The number of nitrogens with zero attached hydrogens (tertiary/aromatic N) is 1. The van der Waals surface area contributed by atoms with Gasteiger partial charge in [0.25, 0.3) is 5.91 Å². The highest BCUT2D eigenvalue weighted by Gasteiger charge is 2.29. The molecule has 25 heavy (non-hydrogen) atoms. The number of halogens is 3. The number of alkyl halides is 3. The van der Waals surface area contributed by atoms with Gasteiger partial charge in [-0.15, -0.1) is 12.6 Å². The van der Waals surface area contributed by atoms with Gasteiger partial charge in [-0.25, -0.2) is 0 Å². The number of carbonyl (C=O) groups excluding carboxylic acids is 1. The van der Waals surface area contributed by atoms with Crippen molar-refractivity contribution >= 4 is 29.4 Å². The van der Waals surface area contributed by atoms with Crippen molar-refractivity contribution in [3.8, 4) is 0 Å². The quantitative estimate of drug-likeness (QED) is 0.675. The second-order valence-corrected chi connectivity index (χ2v) is 5.93. The lowest BCUT2D eigenvalue weighted by Crippen LogP contribution is -2.23. The summed E-state index contributed by atoms with van der Waals surface area (Å²) in [5.41, 5.74) is 0.931. The van der Waals surface area contributed by atoms with Gasteiger partial charge in [-0.2, -0.15) is 13.2 Å². The van der Waals surface area contributed by atoms with Gasteiger partial charge in [-0.1, -0.05) is 24.3 Å². The molecule has 0 atom stereocenters. The fraction of sp³-hybridized carbons (Fsp3) is 0.111. The van der Waals surface area contributed by atoms with E-state index in [-0.39, 0.29) is 12.5 Å². The van der Waals surface area contributed by atoms with Crippen molar-refractivity contribution in [3.05, 3.63) is 71.4 Å². The van der Waals surface area contributed by atoms with E-state index < -0.39 is 11.7 Å². The zero-order chi connectivity index (χ0) is 18.0. The van der Waals surface area contributed by atoms with Crippen molar-refractivity contribution < 1.29 is 18.0 Å². The molecule has 2 aromatic carbocycles. The average molecular weight is 362 g/mol. The summed E-state index contributed by atoms with van der Waals surface area (Å²) in [5.74, 6) is -0.348. The van der Waals surface area contributed by atoms with Crippen LogP contribution in [0.2, 0.25) is 0 Å². The molecule has 3 rings (SSSR count). The first kappa shape index (κ1) is 17.3. The average Bonchev–Trinajstić information content (AvgIpc) is 2.59. The van der Waals surface area contributed by atoms with Crippen LogP contribution in [0.15, 0.2) is 59.6 Å². The highest BCUT2D eigenvalue weighted by molar-refractivity contribution is 7.80. The molecule has 0 saturated heterocycles. The summed E-state index contributed by atoms with van der Waals surface area (Å²) in [6.45, 7) is 0.127. The number of thiol groups is 1. The fourth-order valence-corrected chi connectivity index (χ4v) is 2.64. The summed E-state index contributed by atoms with van der Waals surface area (Å²) in [6.07, 6.45) is -2.92. The van der Waals surface area contributed by atoms with Crippen molar-refractivity contribution in [1.29, 1.82) is 0 Å². The maximum absolute atomic E-state index is 12.5. The number of carbonyl (C=O) groups is 1. The molecule has 7 heteroatoms. The predicted octanol–water partition coefficient (Wildman–Crippen LogP) is 4.47. The third-order valence-corrected chi connectivity index (χ3v) is 4.05. The van der Waals surface area contributed by atoms with Crippen molar-refractivity contribution in [1.82, 2.24) is 10.3 Å². The largest absolute Gasteiger partial charge is 0.416 e. The Morgan fingerprint density at radius 2 is 1.84 bits per heavy atom. The topological polar surface area (TPSA) is 42.0 Å². The number of rotatable bonds is 3. The first-order valence-electron chi connectivity index (χ1n) is 7.36. The summed E-state index contributed by atoms with van der Waals surface area (Å²) in [4.78, 5) is 17.2. The number of amides is 1. The molecule has 1 N–H and O–H groups in total. The normalized spacial score (nSPS) is 11.5. The van der Waals surface area contributed by atoms with Gasteiger partial charge in [-0.05, 0) is 29.8 Å². The summed E-state index contributed by atoms with van der Waals surface area (Å²) in [7, 11) is 0. The van der Waals surface area contributed by atoms with Crippen LogP contribution in [0.4, 0.5) is 13.2 Å². The van der Waals surface area contributed by atoms with E-state index in [1.807, 2.05) is 18.2 Å². The van der Waals surface area contributed by atoms with Crippen LogP contribution in [-0.4, -0.2) is 10.9 Å². The number of pyridine rings is 1. The molecule has 3 nitrogen and oxygen atoms in total. The summed E-state index contributed by atoms with van der Waals surface area (Å²) < 4.78 is 37.6. The minimum absolute atomic E-state index is 0.127. The number of nitrogens with one attached hydrogen (secondary N) is 1. The lowest BCUT2D eigenvalue weighted by Gasteiger charge is -2.09. The second kappa shape index (κ2) is 6.76. The van der Waals surface area contributed by atoms with E-state index in [1.165, 1.54) is 18.3 Å². The molecule has 128 valence electrons. The van der Waals surface area contributed by atoms with E-state index in [4.69, 9.17) is 0 Å². The highest BCUT2D eigenvalue weighted by Crippen LogP contribution is 2.29. The Balaban J connectivity index is 1.70. The molecule has 0 aliphatic rings. The maximum atomic E-state index is 12.5. The summed E-state index contributed by atoms with van der Waals surface area (Å²) >= 11 is 4.31. The monoisotopic (exact) mass is 362 g/mol. The van der Waals surface area contributed by atoms with Gasteiger partial charge in [0.05, 0.1) is 16.6 Å². The number of para-hydroxylation sites is 1. The minimum atomic E-state index is -4.37. The number of hydrogen-bond acceptors (Lipinski definition) is 3. The molecule has 0 aliphatic carbocycles. The van der Waals surface area contributed by atoms with E-state index in [2.05, 4.69) is 22.9 Å². The van der Waals surface area contributed by atoms with Gasteiger partial charge < -0.3 is 5.32 Å². The van der Waals surface area contributed by atoms with Crippen molar-refractivity contribution in [2.24, 2.45) is 0 Å². The molecular weight excluding hydrogens is 349 g/mol.